The molecule has 1 heterocycles. The predicted octanol–water partition coefficient (Wildman–Crippen LogP) is 4.03. The molecule has 0 aromatic heterocycles. The number of benzene rings is 2. The van der Waals surface area contributed by atoms with E-state index < -0.39 is 0 Å². The van der Waals surface area contributed by atoms with Gasteiger partial charge in [-0.05, 0) is 54.7 Å². The summed E-state index contributed by atoms with van der Waals surface area (Å²) in [5.41, 5.74) is 2.38. The Morgan fingerprint density at radius 3 is 2.48 bits per heavy atom. The number of hydrogen-bond donors (Lipinski definition) is 1. The van der Waals surface area contributed by atoms with Crippen molar-refractivity contribution in [3.63, 3.8) is 0 Å². The van der Waals surface area contributed by atoms with E-state index in [0.717, 1.165) is 42.1 Å². The Morgan fingerprint density at radius 2 is 1.76 bits per heavy atom. The summed E-state index contributed by atoms with van der Waals surface area (Å²) in [5, 5.41) is 3.20. The van der Waals surface area contributed by atoms with Crippen LogP contribution in [0.5, 0.6) is 17.2 Å². The quantitative estimate of drug-likeness (QED) is 0.769. The molecule has 2 aromatic rings. The molecule has 1 aliphatic heterocycles. The van der Waals surface area contributed by atoms with Gasteiger partial charge in [0.1, 0.15) is 19.0 Å². The van der Waals surface area contributed by atoms with Crippen molar-refractivity contribution < 1.29 is 19.0 Å². The maximum Gasteiger partial charge on any atom is 0.220 e. The second-order valence-electron chi connectivity index (χ2n) is 7.97. The van der Waals surface area contributed by atoms with Gasteiger partial charge in [-0.15, -0.1) is 0 Å². The lowest BCUT2D eigenvalue weighted by Gasteiger charge is -2.31. The summed E-state index contributed by atoms with van der Waals surface area (Å²) in [6.45, 7) is 1.86. The molecule has 0 atom stereocenters. The maximum atomic E-state index is 12.5. The van der Waals surface area contributed by atoms with Gasteiger partial charge in [0.15, 0.2) is 11.5 Å². The minimum Gasteiger partial charge on any atom is -0.497 e. The van der Waals surface area contributed by atoms with E-state index in [0.29, 0.717) is 26.2 Å². The van der Waals surface area contributed by atoms with Gasteiger partial charge in [-0.25, -0.2) is 0 Å². The number of rotatable bonds is 7. The third-order valence-electron chi connectivity index (χ3n) is 6.14. The number of aryl methyl sites for hydroxylation is 1. The van der Waals surface area contributed by atoms with Crippen molar-refractivity contribution in [1.29, 1.82) is 0 Å². The SMILES string of the molecule is COc1ccc(CCC(=O)NCC2(c3ccc4c(c3)OCCO4)CCCC2)cc1. The van der Waals surface area contributed by atoms with Gasteiger partial charge in [-0.3, -0.25) is 4.79 Å². The summed E-state index contributed by atoms with van der Waals surface area (Å²) in [4.78, 5) is 12.5. The molecule has 1 fully saturated rings. The van der Waals surface area contributed by atoms with Gasteiger partial charge in [0.2, 0.25) is 5.91 Å². The predicted molar refractivity (Wildman–Crippen MR) is 112 cm³/mol. The number of carbonyl (C=O) groups excluding carboxylic acids is 1. The molecule has 0 bridgehead atoms. The zero-order valence-electron chi connectivity index (χ0n) is 17.0. The number of hydrogen-bond acceptors (Lipinski definition) is 4. The standard InChI is InChI=1S/C24H29NO4/c1-27-20-8-4-18(5-9-20)6-11-23(26)25-17-24(12-2-3-13-24)19-7-10-21-22(16-19)29-15-14-28-21/h4-5,7-10,16H,2-3,6,11-15,17H2,1H3,(H,25,26). The Kier molecular flexibility index (Phi) is 5.93. The van der Waals surface area contributed by atoms with Crippen LogP contribution in [-0.4, -0.2) is 32.8 Å². The lowest BCUT2D eigenvalue weighted by atomic mass is 9.78. The van der Waals surface area contributed by atoms with E-state index in [-0.39, 0.29) is 11.3 Å². The highest BCUT2D eigenvalue weighted by Gasteiger charge is 2.36. The van der Waals surface area contributed by atoms with E-state index >= 15 is 0 Å². The van der Waals surface area contributed by atoms with Crippen LogP contribution < -0.4 is 19.5 Å². The molecular weight excluding hydrogens is 366 g/mol. The van der Waals surface area contributed by atoms with Crippen LogP contribution in [0.3, 0.4) is 0 Å². The van der Waals surface area contributed by atoms with E-state index in [2.05, 4.69) is 17.4 Å². The molecule has 0 spiro atoms. The largest absolute Gasteiger partial charge is 0.497 e. The number of carbonyl (C=O) groups is 1. The van der Waals surface area contributed by atoms with Crippen LogP contribution in [0.25, 0.3) is 0 Å². The smallest absolute Gasteiger partial charge is 0.220 e. The van der Waals surface area contributed by atoms with Gasteiger partial charge in [0, 0.05) is 18.4 Å². The highest BCUT2D eigenvalue weighted by Crippen LogP contribution is 2.43. The van der Waals surface area contributed by atoms with Crippen LogP contribution in [0.4, 0.5) is 0 Å². The lowest BCUT2D eigenvalue weighted by Crippen LogP contribution is -2.39. The van der Waals surface area contributed by atoms with Crippen LogP contribution in [0.2, 0.25) is 0 Å². The summed E-state index contributed by atoms with van der Waals surface area (Å²) in [7, 11) is 1.66. The molecule has 154 valence electrons. The van der Waals surface area contributed by atoms with Crippen LogP contribution in [-0.2, 0) is 16.6 Å². The van der Waals surface area contributed by atoms with Crippen molar-refractivity contribution in [3.8, 4) is 17.2 Å². The van der Waals surface area contributed by atoms with Crippen molar-refractivity contribution in [2.45, 2.75) is 43.9 Å². The zero-order valence-corrected chi connectivity index (χ0v) is 17.0. The molecule has 1 aliphatic carbocycles. The second-order valence-corrected chi connectivity index (χ2v) is 7.97. The van der Waals surface area contributed by atoms with E-state index in [1.54, 1.807) is 7.11 Å². The molecule has 1 N–H and O–H groups in total. The summed E-state index contributed by atoms with van der Waals surface area (Å²) in [6, 6.07) is 14.2. The van der Waals surface area contributed by atoms with Gasteiger partial charge in [0.25, 0.3) is 0 Å². The van der Waals surface area contributed by atoms with Crippen LogP contribution in [0.1, 0.15) is 43.2 Å². The summed E-state index contributed by atoms with van der Waals surface area (Å²) in [6.07, 6.45) is 5.78. The molecule has 5 heteroatoms. The zero-order chi connectivity index (χ0) is 20.1. The average molecular weight is 395 g/mol. The molecule has 2 aromatic carbocycles. The fraction of sp³-hybridized carbons (Fsp3) is 0.458. The van der Waals surface area contributed by atoms with Gasteiger partial charge >= 0.3 is 0 Å². The molecule has 0 unspecified atom stereocenters. The first kappa shape index (κ1) is 19.6. The fourth-order valence-electron chi connectivity index (χ4n) is 4.40. The Labute approximate surface area is 172 Å². The van der Waals surface area contributed by atoms with Gasteiger partial charge < -0.3 is 19.5 Å². The lowest BCUT2D eigenvalue weighted by molar-refractivity contribution is -0.121. The molecule has 1 saturated carbocycles. The van der Waals surface area contributed by atoms with Crippen molar-refractivity contribution in [2.24, 2.45) is 0 Å². The van der Waals surface area contributed by atoms with E-state index in [9.17, 15) is 4.79 Å². The monoisotopic (exact) mass is 395 g/mol. The molecule has 1 amide bonds. The average Bonchev–Trinajstić information content (AvgIpc) is 3.26. The molecule has 5 nitrogen and oxygen atoms in total. The second kappa shape index (κ2) is 8.76. The van der Waals surface area contributed by atoms with Gasteiger partial charge in [-0.1, -0.05) is 31.0 Å². The van der Waals surface area contributed by atoms with E-state index in [4.69, 9.17) is 14.2 Å². The van der Waals surface area contributed by atoms with Crippen LogP contribution >= 0.6 is 0 Å². The Bertz CT molecular complexity index is 840. The van der Waals surface area contributed by atoms with Crippen LogP contribution in [0.15, 0.2) is 42.5 Å². The van der Waals surface area contributed by atoms with Gasteiger partial charge in [-0.2, -0.15) is 0 Å². The molecule has 29 heavy (non-hydrogen) atoms. The van der Waals surface area contributed by atoms with Crippen molar-refractivity contribution in [1.82, 2.24) is 5.32 Å². The summed E-state index contributed by atoms with van der Waals surface area (Å²) >= 11 is 0. The molecule has 2 aliphatic rings. The van der Waals surface area contributed by atoms with Crippen LogP contribution in [0, 0.1) is 0 Å². The third-order valence-corrected chi connectivity index (χ3v) is 6.14. The Balaban J connectivity index is 1.37. The molecule has 0 radical (unpaired) electrons. The normalized spacial score (nSPS) is 17.0. The number of methoxy groups -OCH3 is 1. The Morgan fingerprint density at radius 1 is 1.03 bits per heavy atom. The summed E-state index contributed by atoms with van der Waals surface area (Å²) in [5.74, 6) is 2.58. The topological polar surface area (TPSA) is 56.8 Å². The first-order chi connectivity index (χ1) is 14.2. The number of fused-ring (bicyclic) bond motifs is 1. The number of amides is 1. The Hall–Kier alpha value is -2.69. The van der Waals surface area contributed by atoms with E-state index in [1.807, 2.05) is 30.3 Å². The molecule has 4 rings (SSSR count). The van der Waals surface area contributed by atoms with E-state index in [1.165, 1.54) is 18.4 Å². The highest BCUT2D eigenvalue weighted by molar-refractivity contribution is 5.76. The van der Waals surface area contributed by atoms with Crippen molar-refractivity contribution >= 4 is 5.91 Å². The first-order valence-corrected chi connectivity index (χ1v) is 10.5. The highest BCUT2D eigenvalue weighted by atomic mass is 16.6. The fourth-order valence-corrected chi connectivity index (χ4v) is 4.40. The minimum absolute atomic E-state index is 0.00832. The minimum atomic E-state index is -0.00832. The molecule has 0 saturated heterocycles. The molecular formula is C24H29NO4. The first-order valence-electron chi connectivity index (χ1n) is 10.5. The van der Waals surface area contributed by atoms with Crippen molar-refractivity contribution in [3.05, 3.63) is 53.6 Å². The maximum absolute atomic E-state index is 12.5. The number of ether oxygens (including phenoxy) is 3. The van der Waals surface area contributed by atoms with Crippen molar-refractivity contribution in [2.75, 3.05) is 26.9 Å². The third kappa shape index (κ3) is 4.50. The van der Waals surface area contributed by atoms with Gasteiger partial charge in [0.05, 0.1) is 7.11 Å². The number of nitrogens with one attached hydrogen (secondary N) is 1. The summed E-state index contributed by atoms with van der Waals surface area (Å²) < 4.78 is 16.6.